The van der Waals surface area contributed by atoms with E-state index in [9.17, 15) is 0 Å². The smallest absolute Gasteiger partial charge is 0.0931 e. The minimum absolute atomic E-state index is 0.566. The van der Waals surface area contributed by atoms with Gasteiger partial charge in [0.2, 0.25) is 0 Å². The van der Waals surface area contributed by atoms with Gasteiger partial charge in [-0.15, -0.1) is 11.3 Å². The molecule has 0 bridgehead atoms. The Morgan fingerprint density at radius 3 is 2.70 bits per heavy atom. The molecule has 1 N–H and O–H groups in total. The number of hydrogen-bond donors (Lipinski definition) is 1. The molecule has 0 aliphatic heterocycles. The van der Waals surface area contributed by atoms with Crippen LogP contribution in [0.5, 0.6) is 0 Å². The van der Waals surface area contributed by atoms with Crippen LogP contribution < -0.4 is 5.32 Å². The molecule has 0 spiro atoms. The average molecular weight is 316 g/mol. The molecule has 20 heavy (non-hydrogen) atoms. The molecule has 2 rings (SSSR count). The Hall–Kier alpha value is -0.0900. The zero-order chi connectivity index (χ0) is 14.3. The summed E-state index contributed by atoms with van der Waals surface area (Å²) < 4.78 is 5.99. The van der Waals surface area contributed by atoms with Gasteiger partial charge in [0.1, 0.15) is 0 Å². The van der Waals surface area contributed by atoms with Gasteiger partial charge in [-0.1, -0.05) is 24.4 Å². The van der Waals surface area contributed by atoms with E-state index in [1.165, 1.54) is 49.8 Å². The van der Waals surface area contributed by atoms with Crippen LogP contribution in [0.2, 0.25) is 4.34 Å². The van der Waals surface area contributed by atoms with Gasteiger partial charge in [0.15, 0.2) is 0 Å². The van der Waals surface area contributed by atoms with Crippen LogP contribution in [0.1, 0.15) is 43.4 Å². The van der Waals surface area contributed by atoms with Gasteiger partial charge < -0.3 is 10.1 Å². The van der Waals surface area contributed by atoms with E-state index in [0.717, 1.165) is 24.0 Å². The first-order valence-corrected chi connectivity index (χ1v) is 8.87. The van der Waals surface area contributed by atoms with Crippen molar-refractivity contribution in [2.75, 3.05) is 26.8 Å². The quantitative estimate of drug-likeness (QED) is 0.676. The number of ether oxygens (including phenoxy) is 1. The van der Waals surface area contributed by atoms with E-state index in [1.807, 2.05) is 6.07 Å². The van der Waals surface area contributed by atoms with Gasteiger partial charge in [0.05, 0.1) is 10.9 Å². The van der Waals surface area contributed by atoms with Gasteiger partial charge in [0, 0.05) is 18.5 Å². The van der Waals surface area contributed by atoms with Crippen molar-refractivity contribution in [3.8, 4) is 0 Å². The Balaban J connectivity index is 1.76. The van der Waals surface area contributed by atoms with Gasteiger partial charge in [-0.2, -0.15) is 0 Å². The SMILES string of the molecule is COCCNCCC1(CCc2ccc(Cl)s2)CCCC1. The van der Waals surface area contributed by atoms with Crippen molar-refractivity contribution in [3.63, 3.8) is 0 Å². The first-order valence-electron chi connectivity index (χ1n) is 7.68. The number of rotatable bonds is 9. The van der Waals surface area contributed by atoms with Crippen molar-refractivity contribution >= 4 is 22.9 Å². The second-order valence-electron chi connectivity index (χ2n) is 5.91. The third kappa shape index (κ3) is 5.03. The fourth-order valence-corrected chi connectivity index (χ4v) is 4.36. The molecule has 2 nitrogen and oxygen atoms in total. The van der Waals surface area contributed by atoms with Crippen LogP contribution >= 0.6 is 22.9 Å². The first kappa shape index (κ1) is 16.3. The lowest BCUT2D eigenvalue weighted by atomic mass is 9.78. The van der Waals surface area contributed by atoms with Crippen LogP contribution in [-0.2, 0) is 11.2 Å². The minimum Gasteiger partial charge on any atom is -0.383 e. The molecule has 1 heterocycles. The van der Waals surface area contributed by atoms with E-state index in [0.29, 0.717) is 5.41 Å². The molecule has 1 aromatic rings. The van der Waals surface area contributed by atoms with Gasteiger partial charge in [-0.25, -0.2) is 0 Å². The van der Waals surface area contributed by atoms with E-state index in [4.69, 9.17) is 16.3 Å². The van der Waals surface area contributed by atoms with Crippen molar-refractivity contribution < 1.29 is 4.74 Å². The predicted octanol–water partition coefficient (Wildman–Crippen LogP) is 4.52. The van der Waals surface area contributed by atoms with Gasteiger partial charge in [0.25, 0.3) is 0 Å². The zero-order valence-electron chi connectivity index (χ0n) is 12.4. The maximum Gasteiger partial charge on any atom is 0.0931 e. The maximum atomic E-state index is 6.02. The van der Waals surface area contributed by atoms with E-state index in [2.05, 4.69) is 11.4 Å². The molecule has 0 unspecified atom stereocenters. The minimum atomic E-state index is 0.566. The monoisotopic (exact) mass is 315 g/mol. The molecular formula is C16H26ClNOS. The van der Waals surface area contributed by atoms with Crippen LogP contribution in [0.25, 0.3) is 0 Å². The van der Waals surface area contributed by atoms with Crippen LogP contribution in [-0.4, -0.2) is 26.8 Å². The molecule has 0 saturated heterocycles. The summed E-state index contributed by atoms with van der Waals surface area (Å²) in [5.74, 6) is 0. The highest BCUT2D eigenvalue weighted by Crippen LogP contribution is 2.45. The van der Waals surface area contributed by atoms with Crippen molar-refractivity contribution in [1.29, 1.82) is 0 Å². The van der Waals surface area contributed by atoms with Gasteiger partial charge >= 0.3 is 0 Å². The Bertz CT molecular complexity index is 388. The Labute approximate surface area is 131 Å². The zero-order valence-corrected chi connectivity index (χ0v) is 14.0. The molecule has 4 heteroatoms. The first-order chi connectivity index (χ1) is 9.74. The predicted molar refractivity (Wildman–Crippen MR) is 87.9 cm³/mol. The van der Waals surface area contributed by atoms with Gasteiger partial charge in [-0.3, -0.25) is 0 Å². The van der Waals surface area contributed by atoms with Gasteiger partial charge in [-0.05, 0) is 56.2 Å². The van der Waals surface area contributed by atoms with E-state index < -0.39 is 0 Å². The number of aryl methyl sites for hydroxylation is 1. The van der Waals surface area contributed by atoms with E-state index in [-0.39, 0.29) is 0 Å². The lowest BCUT2D eigenvalue weighted by Crippen LogP contribution is -2.27. The van der Waals surface area contributed by atoms with Crippen molar-refractivity contribution in [3.05, 3.63) is 21.3 Å². The summed E-state index contributed by atoms with van der Waals surface area (Å²) >= 11 is 7.76. The fraction of sp³-hybridized carbons (Fsp3) is 0.750. The normalized spacial score (nSPS) is 17.7. The number of methoxy groups -OCH3 is 1. The molecule has 0 aromatic carbocycles. The summed E-state index contributed by atoms with van der Waals surface area (Å²) in [4.78, 5) is 1.44. The van der Waals surface area contributed by atoms with E-state index >= 15 is 0 Å². The van der Waals surface area contributed by atoms with Crippen LogP contribution in [0.3, 0.4) is 0 Å². The summed E-state index contributed by atoms with van der Waals surface area (Å²) in [7, 11) is 1.76. The molecule has 1 aromatic heterocycles. The van der Waals surface area contributed by atoms with Crippen LogP contribution in [0.15, 0.2) is 12.1 Å². The van der Waals surface area contributed by atoms with Crippen molar-refractivity contribution in [1.82, 2.24) is 5.32 Å². The summed E-state index contributed by atoms with van der Waals surface area (Å²) in [5.41, 5.74) is 0.566. The molecule has 1 aliphatic carbocycles. The maximum absolute atomic E-state index is 6.02. The second kappa shape index (κ2) is 8.38. The molecule has 1 fully saturated rings. The third-order valence-corrected chi connectivity index (χ3v) is 5.80. The fourth-order valence-electron chi connectivity index (χ4n) is 3.28. The Morgan fingerprint density at radius 2 is 2.05 bits per heavy atom. The van der Waals surface area contributed by atoms with Crippen molar-refractivity contribution in [2.24, 2.45) is 5.41 Å². The highest BCUT2D eigenvalue weighted by Gasteiger charge is 2.32. The Morgan fingerprint density at radius 1 is 1.25 bits per heavy atom. The molecule has 0 amide bonds. The second-order valence-corrected chi connectivity index (χ2v) is 7.71. The van der Waals surface area contributed by atoms with E-state index in [1.54, 1.807) is 18.4 Å². The summed E-state index contributed by atoms with van der Waals surface area (Å²) in [6, 6.07) is 4.21. The standard InChI is InChI=1S/C16H26ClNOS/c1-19-13-12-18-11-10-16(7-2-3-8-16)9-6-14-4-5-15(17)20-14/h4-5,18H,2-3,6-13H2,1H3. The Kier molecular flexibility index (Phi) is 6.82. The summed E-state index contributed by atoms with van der Waals surface area (Å²) in [5, 5.41) is 3.50. The largest absolute Gasteiger partial charge is 0.383 e. The highest BCUT2D eigenvalue weighted by molar-refractivity contribution is 7.16. The molecule has 1 aliphatic rings. The number of hydrogen-bond acceptors (Lipinski definition) is 3. The highest BCUT2D eigenvalue weighted by atomic mass is 35.5. The molecule has 0 radical (unpaired) electrons. The summed E-state index contributed by atoms with van der Waals surface area (Å²) in [6.07, 6.45) is 9.42. The third-order valence-electron chi connectivity index (χ3n) is 4.51. The number of halogens is 1. The van der Waals surface area contributed by atoms with Crippen molar-refractivity contribution in [2.45, 2.75) is 44.9 Å². The molecule has 1 saturated carbocycles. The molecule has 114 valence electrons. The summed E-state index contributed by atoms with van der Waals surface area (Å²) in [6.45, 7) is 2.89. The van der Waals surface area contributed by atoms with Crippen LogP contribution in [0, 0.1) is 5.41 Å². The number of thiophene rings is 1. The molecule has 0 atom stereocenters. The average Bonchev–Trinajstić information content (AvgIpc) is 3.06. The molecular weight excluding hydrogens is 290 g/mol. The van der Waals surface area contributed by atoms with Crippen LogP contribution in [0.4, 0.5) is 0 Å². The number of nitrogens with one attached hydrogen (secondary N) is 1. The lowest BCUT2D eigenvalue weighted by Gasteiger charge is -2.29. The lowest BCUT2D eigenvalue weighted by molar-refractivity contribution is 0.194. The topological polar surface area (TPSA) is 21.3 Å².